The minimum absolute atomic E-state index is 0.0237. The molecular weight excluding hydrogens is 458 g/mol. The molecule has 172 valence electrons. The molecule has 12 heteroatoms. The van der Waals surface area contributed by atoms with Gasteiger partial charge in [-0.25, -0.2) is 17.2 Å². The summed E-state index contributed by atoms with van der Waals surface area (Å²) in [6.07, 6.45) is 0. The number of non-ortho nitro benzene ring substituents is 1. The summed E-state index contributed by atoms with van der Waals surface area (Å²) in [6.45, 7) is 0.635. The van der Waals surface area contributed by atoms with E-state index in [1.54, 1.807) is 12.1 Å². The molecule has 33 heavy (non-hydrogen) atoms. The molecule has 0 atom stereocenters. The van der Waals surface area contributed by atoms with E-state index in [4.69, 9.17) is 0 Å². The van der Waals surface area contributed by atoms with Crippen molar-refractivity contribution in [3.05, 3.63) is 94.0 Å². The topological polar surface area (TPSA) is 130 Å². The highest BCUT2D eigenvalue weighted by Crippen LogP contribution is 2.19. The predicted molar refractivity (Wildman–Crippen MR) is 118 cm³/mol. The zero-order valence-electron chi connectivity index (χ0n) is 16.9. The van der Waals surface area contributed by atoms with Gasteiger partial charge in [0.2, 0.25) is 0 Å². The van der Waals surface area contributed by atoms with Crippen LogP contribution >= 0.6 is 0 Å². The van der Waals surface area contributed by atoms with Gasteiger partial charge in [-0.1, -0.05) is 0 Å². The number of sulfonamides is 1. The van der Waals surface area contributed by atoms with Gasteiger partial charge in [0, 0.05) is 42.2 Å². The van der Waals surface area contributed by atoms with Crippen molar-refractivity contribution in [2.75, 3.05) is 23.1 Å². The third-order valence-corrected chi connectivity index (χ3v) is 5.80. The number of nitro benzene ring substituents is 1. The maximum atomic E-state index is 13.3. The monoisotopic (exact) mass is 476 g/mol. The number of anilines is 2. The molecule has 9 nitrogen and oxygen atoms in total. The van der Waals surface area contributed by atoms with E-state index in [1.165, 1.54) is 36.4 Å². The van der Waals surface area contributed by atoms with Gasteiger partial charge in [0.1, 0.15) is 0 Å². The van der Waals surface area contributed by atoms with Gasteiger partial charge >= 0.3 is 0 Å². The number of carbonyl (C=O) groups is 1. The summed E-state index contributed by atoms with van der Waals surface area (Å²) >= 11 is 0. The molecule has 3 N–H and O–H groups in total. The van der Waals surface area contributed by atoms with Gasteiger partial charge < -0.3 is 10.6 Å². The van der Waals surface area contributed by atoms with Crippen LogP contribution in [-0.4, -0.2) is 32.3 Å². The number of benzene rings is 3. The molecule has 0 aromatic heterocycles. The molecule has 0 saturated carbocycles. The van der Waals surface area contributed by atoms with Crippen LogP contribution in [0.5, 0.6) is 0 Å². The van der Waals surface area contributed by atoms with Crippen molar-refractivity contribution < 1.29 is 26.9 Å². The highest BCUT2D eigenvalue weighted by atomic mass is 32.2. The van der Waals surface area contributed by atoms with E-state index >= 15 is 0 Å². The third kappa shape index (κ3) is 6.23. The van der Waals surface area contributed by atoms with Crippen LogP contribution in [0.2, 0.25) is 0 Å². The Bertz CT molecular complexity index is 1270. The fraction of sp³-hybridized carbons (Fsp3) is 0.0952. The largest absolute Gasteiger partial charge is 0.383 e. The van der Waals surface area contributed by atoms with Crippen molar-refractivity contribution in [1.82, 2.24) is 5.32 Å². The smallest absolute Gasteiger partial charge is 0.269 e. The Balaban J connectivity index is 1.51. The van der Waals surface area contributed by atoms with Crippen LogP contribution in [0, 0.1) is 21.7 Å². The molecule has 0 spiro atoms. The van der Waals surface area contributed by atoms with Gasteiger partial charge in [0.05, 0.1) is 9.82 Å². The maximum absolute atomic E-state index is 13.3. The molecule has 0 fully saturated rings. The maximum Gasteiger partial charge on any atom is 0.269 e. The summed E-state index contributed by atoms with van der Waals surface area (Å²) in [7, 11) is -4.14. The van der Waals surface area contributed by atoms with Crippen molar-refractivity contribution in [3.8, 4) is 0 Å². The predicted octanol–water partition coefficient (Wildman–Crippen LogP) is 3.52. The lowest BCUT2D eigenvalue weighted by molar-refractivity contribution is -0.384. The zero-order chi connectivity index (χ0) is 24.0. The molecule has 0 aliphatic heterocycles. The molecule has 0 radical (unpaired) electrons. The number of nitro groups is 1. The Morgan fingerprint density at radius 3 is 2.12 bits per heavy atom. The molecule has 0 saturated heterocycles. The lowest BCUT2D eigenvalue weighted by atomic mass is 10.2. The van der Waals surface area contributed by atoms with Gasteiger partial charge in [0.25, 0.3) is 21.6 Å². The normalized spacial score (nSPS) is 11.0. The molecule has 3 aromatic carbocycles. The molecule has 1 amide bonds. The molecule has 3 rings (SSSR count). The van der Waals surface area contributed by atoms with Crippen molar-refractivity contribution in [1.29, 1.82) is 0 Å². The quantitative estimate of drug-likeness (QED) is 0.246. The number of carbonyl (C=O) groups excluding carboxylic acids is 1. The Morgan fingerprint density at radius 1 is 0.879 bits per heavy atom. The first-order chi connectivity index (χ1) is 15.7. The molecular formula is C21H18F2N4O5S. The molecule has 3 aromatic rings. The van der Waals surface area contributed by atoms with Crippen molar-refractivity contribution in [2.24, 2.45) is 0 Å². The van der Waals surface area contributed by atoms with Crippen molar-refractivity contribution in [2.45, 2.75) is 4.90 Å². The van der Waals surface area contributed by atoms with Gasteiger partial charge in [-0.3, -0.25) is 19.6 Å². The Hall–Kier alpha value is -4.06. The van der Waals surface area contributed by atoms with Crippen LogP contribution in [0.4, 0.5) is 25.8 Å². The Kier molecular flexibility index (Phi) is 7.18. The molecule has 0 unspecified atom stereocenters. The molecule has 0 heterocycles. The average Bonchev–Trinajstić information content (AvgIpc) is 2.79. The number of amides is 1. The van der Waals surface area contributed by atoms with Gasteiger partial charge in [-0.05, 0) is 54.6 Å². The van der Waals surface area contributed by atoms with Crippen molar-refractivity contribution in [3.63, 3.8) is 0 Å². The van der Waals surface area contributed by atoms with Crippen LogP contribution in [0.3, 0.4) is 0 Å². The van der Waals surface area contributed by atoms with Crippen LogP contribution in [0.15, 0.2) is 71.6 Å². The zero-order valence-corrected chi connectivity index (χ0v) is 17.7. The average molecular weight is 476 g/mol. The van der Waals surface area contributed by atoms with E-state index in [0.717, 1.165) is 6.07 Å². The van der Waals surface area contributed by atoms with Gasteiger partial charge in [0.15, 0.2) is 11.6 Å². The highest BCUT2D eigenvalue weighted by Gasteiger charge is 2.17. The van der Waals surface area contributed by atoms with Gasteiger partial charge in [-0.2, -0.15) is 0 Å². The fourth-order valence-corrected chi connectivity index (χ4v) is 3.80. The second-order valence-electron chi connectivity index (χ2n) is 6.75. The number of halogens is 2. The number of hydrogen-bond donors (Lipinski definition) is 3. The first-order valence-corrected chi connectivity index (χ1v) is 11.0. The minimum atomic E-state index is -4.14. The summed E-state index contributed by atoms with van der Waals surface area (Å²) in [5.41, 5.74) is 1.05. The van der Waals surface area contributed by atoms with Gasteiger partial charge in [-0.15, -0.1) is 0 Å². The number of nitrogens with zero attached hydrogens (tertiary/aromatic N) is 1. The van der Waals surface area contributed by atoms with Crippen LogP contribution in [0.1, 0.15) is 10.4 Å². The van der Waals surface area contributed by atoms with Crippen LogP contribution < -0.4 is 15.4 Å². The lowest BCUT2D eigenvalue weighted by Gasteiger charge is -2.10. The number of nitrogens with one attached hydrogen (secondary N) is 3. The van der Waals surface area contributed by atoms with E-state index in [0.29, 0.717) is 24.4 Å². The summed E-state index contributed by atoms with van der Waals surface area (Å²) in [5, 5.41) is 16.3. The Morgan fingerprint density at radius 2 is 1.52 bits per heavy atom. The van der Waals surface area contributed by atoms with Crippen LogP contribution in [-0.2, 0) is 10.0 Å². The lowest BCUT2D eigenvalue weighted by Crippen LogP contribution is -2.28. The van der Waals surface area contributed by atoms with Crippen molar-refractivity contribution >= 4 is 33.0 Å². The first kappa shape index (κ1) is 23.6. The van der Waals surface area contributed by atoms with E-state index in [2.05, 4.69) is 15.4 Å². The highest BCUT2D eigenvalue weighted by molar-refractivity contribution is 7.92. The first-order valence-electron chi connectivity index (χ1n) is 9.50. The fourth-order valence-electron chi connectivity index (χ4n) is 2.73. The van der Waals surface area contributed by atoms with Crippen LogP contribution in [0.25, 0.3) is 0 Å². The number of hydrogen-bond acceptors (Lipinski definition) is 6. The second kappa shape index (κ2) is 10.0. The summed E-state index contributed by atoms with van der Waals surface area (Å²) in [4.78, 5) is 21.9. The Labute approximate surface area is 187 Å². The van der Waals surface area contributed by atoms with E-state index in [-0.39, 0.29) is 23.5 Å². The summed E-state index contributed by atoms with van der Waals surface area (Å²) in [6, 6.07) is 13.6. The van der Waals surface area contributed by atoms with E-state index in [9.17, 15) is 32.1 Å². The number of rotatable bonds is 9. The van der Waals surface area contributed by atoms with E-state index in [1.807, 2.05) is 0 Å². The third-order valence-electron chi connectivity index (χ3n) is 4.42. The molecule has 0 bridgehead atoms. The second-order valence-corrected chi connectivity index (χ2v) is 8.43. The standard InChI is InChI=1S/C21H18F2N4O5S/c22-19-10-9-18(13-20(19)23)33(31,32)26-16-3-1-14(2-4-16)21(28)25-12-11-24-15-5-7-17(8-6-15)27(29)30/h1-10,13,24,26H,11-12H2,(H,25,28). The SMILES string of the molecule is O=C(NCCNc1ccc([N+](=O)[O-])cc1)c1ccc(NS(=O)(=O)c2ccc(F)c(F)c2)cc1. The minimum Gasteiger partial charge on any atom is -0.383 e. The molecule has 0 aliphatic rings. The van der Waals surface area contributed by atoms with E-state index < -0.39 is 37.4 Å². The summed E-state index contributed by atoms with van der Waals surface area (Å²) < 4.78 is 53.2. The summed E-state index contributed by atoms with van der Waals surface area (Å²) in [5.74, 6) is -2.84. The molecule has 0 aliphatic carbocycles.